The standard InChI is InChI=1S/3C4H11Si.2ClH.Ti/c3*1-5(2,3)4;;;/h3*1H2,2-4H3;2*1H;/q3*-1;;;+2/p-2. The SMILES string of the molecule is [CH2-][Si](C)(C)C.[CH2-][Si](C)(C)C.[CH2-][Si](C)(C)C.[Cl-].[Cl-].[Ti+2]. The minimum Gasteiger partial charge on any atom is -1.00 e. The summed E-state index contributed by atoms with van der Waals surface area (Å²) >= 11 is 0. The molecule has 114 valence electrons. The average Bonchev–Trinajstić information content (AvgIpc) is 1.41. The summed E-state index contributed by atoms with van der Waals surface area (Å²) in [5, 5.41) is 0. The Morgan fingerprint density at radius 2 is 0.444 bits per heavy atom. The fourth-order valence-electron chi connectivity index (χ4n) is 0. The predicted molar refractivity (Wildman–Crippen MR) is 86.1 cm³/mol. The van der Waals surface area contributed by atoms with Crippen LogP contribution in [-0.4, -0.2) is 24.2 Å². The van der Waals surface area contributed by atoms with Gasteiger partial charge in [-0.15, -0.1) is 24.2 Å². The maximum atomic E-state index is 3.91. The van der Waals surface area contributed by atoms with Crippen LogP contribution in [0.3, 0.4) is 0 Å². The Hall–Kier alpha value is 1.94. The molecule has 0 aliphatic carbocycles. The van der Waals surface area contributed by atoms with Crippen molar-refractivity contribution in [3.8, 4) is 0 Å². The number of rotatable bonds is 0. The summed E-state index contributed by atoms with van der Waals surface area (Å²) in [6, 6.07) is 0. The van der Waals surface area contributed by atoms with E-state index >= 15 is 0 Å². The number of hydrogen-bond donors (Lipinski definition) is 0. The van der Waals surface area contributed by atoms with Gasteiger partial charge < -0.3 is 44.5 Å². The zero-order chi connectivity index (χ0) is 13.5. The summed E-state index contributed by atoms with van der Waals surface area (Å²) in [7, 11) is -2.58. The smallest absolute Gasteiger partial charge is 1.00 e. The van der Waals surface area contributed by atoms with E-state index < -0.39 is 24.2 Å². The third-order valence-corrected chi connectivity index (χ3v) is 0. The molecule has 0 fully saturated rings. The Labute approximate surface area is 148 Å². The summed E-state index contributed by atoms with van der Waals surface area (Å²) in [6.45, 7) is 31.7. The van der Waals surface area contributed by atoms with Crippen LogP contribution in [0.4, 0.5) is 0 Å². The first-order valence-electron chi connectivity index (χ1n) is 5.56. The molecule has 0 amide bonds. The quantitative estimate of drug-likeness (QED) is 0.378. The molecule has 0 aromatic heterocycles. The Balaban J connectivity index is -0.0000000277. The molecule has 0 saturated carbocycles. The van der Waals surface area contributed by atoms with E-state index in [4.69, 9.17) is 0 Å². The second kappa shape index (κ2) is 15.3. The van der Waals surface area contributed by atoms with E-state index in [1.807, 2.05) is 0 Å². The van der Waals surface area contributed by atoms with E-state index in [1.165, 1.54) is 0 Å². The normalized spacial score (nSPS) is 10.0. The Morgan fingerprint density at radius 3 is 0.444 bits per heavy atom. The monoisotopic (exact) mass is 379 g/mol. The van der Waals surface area contributed by atoms with Crippen LogP contribution in [0.5, 0.6) is 0 Å². The van der Waals surface area contributed by atoms with Crippen molar-refractivity contribution in [3.05, 3.63) is 19.6 Å². The van der Waals surface area contributed by atoms with Crippen molar-refractivity contribution in [2.24, 2.45) is 0 Å². The molecular weight excluding hydrogens is 347 g/mol. The number of halogens is 2. The van der Waals surface area contributed by atoms with Crippen molar-refractivity contribution in [3.63, 3.8) is 0 Å². The third-order valence-electron chi connectivity index (χ3n) is 0. The molecule has 18 heavy (non-hydrogen) atoms. The first kappa shape index (κ1) is 36.8. The second-order valence-electron chi connectivity index (χ2n) is 7.68. The molecule has 0 aromatic rings. The largest absolute Gasteiger partial charge is 2.00 e. The zero-order valence-corrected chi connectivity index (χ0v) is 20.0. The topological polar surface area (TPSA) is 0 Å². The molecule has 0 atom stereocenters. The van der Waals surface area contributed by atoms with Crippen molar-refractivity contribution in [1.82, 2.24) is 0 Å². The zero-order valence-electron chi connectivity index (χ0n) is 13.9. The predicted octanol–water partition coefficient (Wildman–Crippen LogP) is -0.901. The van der Waals surface area contributed by atoms with Gasteiger partial charge in [-0.3, -0.25) is 0 Å². The maximum absolute atomic E-state index is 3.91. The molecular formula is C12H33Cl2Si3Ti-3. The van der Waals surface area contributed by atoms with Crippen LogP contribution in [0.15, 0.2) is 0 Å². The molecule has 0 spiro atoms. The van der Waals surface area contributed by atoms with Gasteiger partial charge in [-0.1, -0.05) is 58.9 Å². The van der Waals surface area contributed by atoms with Crippen LogP contribution in [0.25, 0.3) is 0 Å². The van der Waals surface area contributed by atoms with Gasteiger partial charge in [-0.25, -0.2) is 0 Å². The summed E-state index contributed by atoms with van der Waals surface area (Å²) in [5.41, 5.74) is 0. The van der Waals surface area contributed by atoms with Crippen molar-refractivity contribution < 1.29 is 46.5 Å². The van der Waals surface area contributed by atoms with Crippen LogP contribution < -0.4 is 24.8 Å². The molecule has 0 aliphatic rings. The molecule has 0 aliphatic heterocycles. The second-order valence-corrected chi connectivity index (χ2v) is 23.0. The molecule has 6 heteroatoms. The molecule has 0 radical (unpaired) electrons. The summed E-state index contributed by atoms with van der Waals surface area (Å²) in [5.74, 6) is 0. The van der Waals surface area contributed by atoms with E-state index in [0.29, 0.717) is 0 Å². The van der Waals surface area contributed by atoms with Gasteiger partial charge in [-0.05, 0) is 0 Å². The fraction of sp³-hybridized carbons (Fsp3) is 0.750. The minimum atomic E-state index is -0.861. The van der Waals surface area contributed by atoms with Crippen LogP contribution in [-0.2, 0) is 21.7 Å². The Bertz CT molecular complexity index is 100. The van der Waals surface area contributed by atoms with Gasteiger partial charge in [0.1, 0.15) is 0 Å². The van der Waals surface area contributed by atoms with Crippen LogP contribution >= 0.6 is 0 Å². The van der Waals surface area contributed by atoms with Crippen molar-refractivity contribution in [2.45, 2.75) is 58.9 Å². The van der Waals surface area contributed by atoms with Crippen LogP contribution in [0, 0.1) is 19.6 Å². The fourth-order valence-corrected chi connectivity index (χ4v) is 0. The van der Waals surface area contributed by atoms with E-state index in [-0.39, 0.29) is 46.5 Å². The minimum absolute atomic E-state index is 0. The van der Waals surface area contributed by atoms with Crippen LogP contribution in [0.1, 0.15) is 0 Å². The molecule has 0 N–H and O–H groups in total. The van der Waals surface area contributed by atoms with Gasteiger partial charge in [0.2, 0.25) is 0 Å². The van der Waals surface area contributed by atoms with Gasteiger partial charge in [-0.2, -0.15) is 0 Å². The molecule has 0 bridgehead atoms. The van der Waals surface area contributed by atoms with E-state index in [9.17, 15) is 0 Å². The van der Waals surface area contributed by atoms with E-state index in [0.717, 1.165) is 0 Å². The molecule has 0 rings (SSSR count). The Morgan fingerprint density at radius 1 is 0.444 bits per heavy atom. The molecule has 0 unspecified atom stereocenters. The Kier molecular flexibility index (Phi) is 31.4. The number of hydrogen-bond acceptors (Lipinski definition) is 0. The van der Waals surface area contributed by atoms with Gasteiger partial charge in [0.25, 0.3) is 0 Å². The third kappa shape index (κ3) is 1360. The summed E-state index contributed by atoms with van der Waals surface area (Å²) in [4.78, 5) is 0. The molecule has 0 saturated heterocycles. The van der Waals surface area contributed by atoms with Gasteiger partial charge >= 0.3 is 21.7 Å². The molecule has 0 heterocycles. The van der Waals surface area contributed by atoms with Gasteiger partial charge in [0.15, 0.2) is 0 Å². The van der Waals surface area contributed by atoms with Crippen molar-refractivity contribution in [1.29, 1.82) is 0 Å². The van der Waals surface area contributed by atoms with Gasteiger partial charge in [0.05, 0.1) is 0 Å². The molecule has 0 aromatic carbocycles. The van der Waals surface area contributed by atoms with Crippen molar-refractivity contribution >= 4 is 24.2 Å². The average molecular weight is 380 g/mol. The first-order valence-corrected chi connectivity index (χ1v) is 16.7. The van der Waals surface area contributed by atoms with E-state index in [1.54, 1.807) is 0 Å². The molecule has 0 nitrogen and oxygen atoms in total. The van der Waals surface area contributed by atoms with E-state index in [2.05, 4.69) is 78.6 Å². The summed E-state index contributed by atoms with van der Waals surface area (Å²) in [6.07, 6.45) is 0. The maximum Gasteiger partial charge on any atom is 2.00 e. The van der Waals surface area contributed by atoms with Crippen molar-refractivity contribution in [2.75, 3.05) is 0 Å². The summed E-state index contributed by atoms with van der Waals surface area (Å²) < 4.78 is 0. The van der Waals surface area contributed by atoms with Crippen LogP contribution in [0.2, 0.25) is 58.9 Å². The van der Waals surface area contributed by atoms with Gasteiger partial charge in [0, 0.05) is 0 Å². The first-order chi connectivity index (χ1) is 6.00.